The third-order valence-electron chi connectivity index (χ3n) is 2.87. The summed E-state index contributed by atoms with van der Waals surface area (Å²) in [7, 11) is 1.59. The predicted octanol–water partition coefficient (Wildman–Crippen LogP) is 1.93. The summed E-state index contributed by atoms with van der Waals surface area (Å²) >= 11 is 0. The van der Waals surface area contributed by atoms with E-state index in [1.54, 1.807) is 23.9 Å². The van der Waals surface area contributed by atoms with E-state index in [-0.39, 0.29) is 24.3 Å². The number of hydrogen-bond acceptors (Lipinski definition) is 2. The maximum atomic E-state index is 13.2. The smallest absolute Gasteiger partial charge is 0.240 e. The molecule has 1 atom stereocenters. The molecule has 0 aliphatic carbocycles. The molecule has 102 valence electrons. The van der Waals surface area contributed by atoms with Crippen molar-refractivity contribution in [3.8, 4) is 0 Å². The number of nitrogens with one attached hydrogen (secondary N) is 1. The van der Waals surface area contributed by atoms with Crippen LogP contribution >= 0.6 is 0 Å². The number of carbonyl (C=O) groups excluding carboxylic acids is 1. The van der Waals surface area contributed by atoms with Crippen LogP contribution in [0.15, 0.2) is 30.5 Å². The number of hydrogen-bond donors (Lipinski definition) is 1. The van der Waals surface area contributed by atoms with Crippen LogP contribution in [0.5, 0.6) is 0 Å². The largest absolute Gasteiger partial charge is 0.383 e. The van der Waals surface area contributed by atoms with E-state index in [0.717, 1.165) is 10.9 Å². The highest BCUT2D eigenvalue weighted by Crippen LogP contribution is 2.16. The summed E-state index contributed by atoms with van der Waals surface area (Å²) < 4.78 is 19.9. The average Bonchev–Trinajstić information content (AvgIpc) is 2.72. The fourth-order valence-corrected chi connectivity index (χ4v) is 2.06. The van der Waals surface area contributed by atoms with Gasteiger partial charge in [-0.1, -0.05) is 0 Å². The topological polar surface area (TPSA) is 43.3 Å². The number of benzene rings is 1. The Morgan fingerprint density at radius 3 is 3.00 bits per heavy atom. The Hall–Kier alpha value is -1.88. The van der Waals surface area contributed by atoms with Gasteiger partial charge in [0.25, 0.3) is 0 Å². The Morgan fingerprint density at radius 2 is 2.26 bits per heavy atom. The van der Waals surface area contributed by atoms with E-state index in [2.05, 4.69) is 5.32 Å². The van der Waals surface area contributed by atoms with Crippen LogP contribution in [-0.2, 0) is 16.1 Å². The van der Waals surface area contributed by atoms with Gasteiger partial charge in [0.05, 0.1) is 12.1 Å². The maximum absolute atomic E-state index is 13.2. The van der Waals surface area contributed by atoms with Crippen molar-refractivity contribution in [1.29, 1.82) is 0 Å². The lowest BCUT2D eigenvalue weighted by Gasteiger charge is -2.13. The van der Waals surface area contributed by atoms with Crippen LogP contribution in [0.4, 0.5) is 4.39 Å². The number of halogens is 1. The SMILES string of the molecule is COCC(C)NC(=O)Cn1ccc2ccc(F)cc21. The van der Waals surface area contributed by atoms with Crippen molar-refractivity contribution in [2.45, 2.75) is 19.5 Å². The van der Waals surface area contributed by atoms with E-state index in [1.807, 2.05) is 13.0 Å². The third-order valence-corrected chi connectivity index (χ3v) is 2.87. The minimum Gasteiger partial charge on any atom is -0.383 e. The molecule has 0 bridgehead atoms. The number of nitrogens with zero attached hydrogens (tertiary/aromatic N) is 1. The van der Waals surface area contributed by atoms with E-state index in [9.17, 15) is 9.18 Å². The molecule has 2 aromatic rings. The number of carbonyl (C=O) groups is 1. The molecular formula is C14H17FN2O2. The summed E-state index contributed by atoms with van der Waals surface area (Å²) in [5.41, 5.74) is 0.717. The second-order valence-electron chi connectivity index (χ2n) is 4.57. The number of fused-ring (bicyclic) bond motifs is 1. The van der Waals surface area contributed by atoms with Crippen LogP contribution < -0.4 is 5.32 Å². The lowest BCUT2D eigenvalue weighted by molar-refractivity contribution is -0.122. The fourth-order valence-electron chi connectivity index (χ4n) is 2.06. The summed E-state index contributed by atoms with van der Waals surface area (Å²) in [5.74, 6) is -0.424. The molecule has 5 heteroatoms. The van der Waals surface area contributed by atoms with Crippen molar-refractivity contribution >= 4 is 16.8 Å². The molecule has 1 N–H and O–H groups in total. The molecule has 1 amide bonds. The van der Waals surface area contributed by atoms with Gasteiger partial charge in [0.2, 0.25) is 5.91 Å². The second-order valence-corrected chi connectivity index (χ2v) is 4.57. The standard InChI is InChI=1S/C14H17FN2O2/c1-10(9-19-2)16-14(18)8-17-6-5-11-3-4-12(15)7-13(11)17/h3-7,10H,8-9H2,1-2H3,(H,16,18). The Kier molecular flexibility index (Phi) is 4.16. The van der Waals surface area contributed by atoms with Gasteiger partial charge in [-0.15, -0.1) is 0 Å². The van der Waals surface area contributed by atoms with Crippen molar-refractivity contribution in [2.75, 3.05) is 13.7 Å². The molecule has 1 aromatic carbocycles. The van der Waals surface area contributed by atoms with Gasteiger partial charge in [0.15, 0.2) is 0 Å². The fraction of sp³-hybridized carbons (Fsp3) is 0.357. The average molecular weight is 264 g/mol. The third kappa shape index (κ3) is 3.32. The van der Waals surface area contributed by atoms with E-state index in [1.165, 1.54) is 12.1 Å². The molecular weight excluding hydrogens is 247 g/mol. The van der Waals surface area contributed by atoms with Gasteiger partial charge in [0, 0.05) is 19.3 Å². The predicted molar refractivity (Wildman–Crippen MR) is 71.4 cm³/mol. The van der Waals surface area contributed by atoms with Crippen LogP contribution in [0.3, 0.4) is 0 Å². The molecule has 0 saturated heterocycles. The zero-order chi connectivity index (χ0) is 13.8. The molecule has 19 heavy (non-hydrogen) atoms. The Balaban J connectivity index is 2.08. The molecule has 0 aliphatic heterocycles. The van der Waals surface area contributed by atoms with E-state index < -0.39 is 0 Å². The summed E-state index contributed by atoms with van der Waals surface area (Å²) in [6, 6.07) is 6.36. The first-order valence-corrected chi connectivity index (χ1v) is 6.13. The molecule has 1 unspecified atom stereocenters. The van der Waals surface area contributed by atoms with Gasteiger partial charge < -0.3 is 14.6 Å². The van der Waals surface area contributed by atoms with Crippen LogP contribution in [0.1, 0.15) is 6.92 Å². The van der Waals surface area contributed by atoms with Gasteiger partial charge in [-0.25, -0.2) is 4.39 Å². The van der Waals surface area contributed by atoms with Crippen LogP contribution in [0.2, 0.25) is 0 Å². The molecule has 4 nitrogen and oxygen atoms in total. The normalized spacial score (nSPS) is 12.6. The van der Waals surface area contributed by atoms with Crippen molar-refractivity contribution in [1.82, 2.24) is 9.88 Å². The van der Waals surface area contributed by atoms with Crippen molar-refractivity contribution in [3.63, 3.8) is 0 Å². The second kappa shape index (κ2) is 5.84. The first kappa shape index (κ1) is 13.5. The molecule has 2 rings (SSSR count). The molecule has 0 aliphatic rings. The quantitative estimate of drug-likeness (QED) is 0.896. The summed E-state index contributed by atoms with van der Waals surface area (Å²) in [6.45, 7) is 2.50. The first-order valence-electron chi connectivity index (χ1n) is 6.13. The molecule has 1 aromatic heterocycles. The lowest BCUT2D eigenvalue weighted by atomic mass is 10.2. The van der Waals surface area contributed by atoms with Gasteiger partial charge in [-0.2, -0.15) is 0 Å². The lowest BCUT2D eigenvalue weighted by Crippen LogP contribution is -2.37. The van der Waals surface area contributed by atoms with E-state index >= 15 is 0 Å². The van der Waals surface area contributed by atoms with E-state index in [0.29, 0.717) is 6.61 Å². The highest BCUT2D eigenvalue weighted by Gasteiger charge is 2.09. The number of amides is 1. The van der Waals surface area contributed by atoms with Gasteiger partial charge >= 0.3 is 0 Å². The molecule has 0 fully saturated rings. The Labute approximate surface area is 111 Å². The Bertz CT molecular complexity index is 580. The highest BCUT2D eigenvalue weighted by molar-refractivity contribution is 5.83. The summed E-state index contributed by atoms with van der Waals surface area (Å²) in [4.78, 5) is 11.8. The van der Waals surface area contributed by atoms with Crippen LogP contribution in [0.25, 0.3) is 10.9 Å². The molecule has 1 heterocycles. The Morgan fingerprint density at radius 1 is 1.47 bits per heavy atom. The number of aromatic nitrogens is 1. The summed E-state index contributed by atoms with van der Waals surface area (Å²) in [6.07, 6.45) is 1.78. The van der Waals surface area contributed by atoms with Crippen LogP contribution in [0, 0.1) is 5.82 Å². The zero-order valence-electron chi connectivity index (χ0n) is 11.0. The van der Waals surface area contributed by atoms with Crippen molar-refractivity contribution < 1.29 is 13.9 Å². The van der Waals surface area contributed by atoms with Gasteiger partial charge in [0.1, 0.15) is 12.4 Å². The highest BCUT2D eigenvalue weighted by atomic mass is 19.1. The maximum Gasteiger partial charge on any atom is 0.240 e. The summed E-state index contributed by atoms with van der Waals surface area (Å²) in [5, 5.41) is 3.74. The minimum atomic E-state index is -0.305. The van der Waals surface area contributed by atoms with E-state index in [4.69, 9.17) is 4.74 Å². The first-order chi connectivity index (χ1) is 9.10. The molecule has 0 saturated carbocycles. The van der Waals surface area contributed by atoms with Crippen molar-refractivity contribution in [3.05, 3.63) is 36.3 Å². The molecule has 0 radical (unpaired) electrons. The van der Waals surface area contributed by atoms with Crippen molar-refractivity contribution in [2.24, 2.45) is 0 Å². The number of rotatable bonds is 5. The van der Waals surface area contributed by atoms with Gasteiger partial charge in [-0.05, 0) is 36.6 Å². The monoisotopic (exact) mass is 264 g/mol. The zero-order valence-corrected chi connectivity index (χ0v) is 11.0. The van der Waals surface area contributed by atoms with Gasteiger partial charge in [-0.3, -0.25) is 4.79 Å². The number of methoxy groups -OCH3 is 1. The van der Waals surface area contributed by atoms with Crippen LogP contribution in [-0.4, -0.2) is 30.2 Å². The number of ether oxygens (including phenoxy) is 1. The minimum absolute atomic E-state index is 0.0453. The molecule has 0 spiro atoms.